The van der Waals surface area contributed by atoms with E-state index in [4.69, 9.17) is 10.8 Å². The van der Waals surface area contributed by atoms with E-state index in [0.717, 1.165) is 22.5 Å². The SMILES string of the molecule is Cn1nc(-c2ccccc2)cc1C(CN)c1c[nH]c2ccccc12. The fourth-order valence-corrected chi connectivity index (χ4v) is 3.35. The van der Waals surface area contributed by atoms with Gasteiger partial charge >= 0.3 is 0 Å². The van der Waals surface area contributed by atoms with E-state index < -0.39 is 0 Å². The van der Waals surface area contributed by atoms with Crippen LogP contribution in [0.3, 0.4) is 0 Å². The standard InChI is InChI=1S/C20H20N4/c1-24-20(11-19(23-24)14-7-3-2-4-8-14)16(12-21)17-13-22-18-10-6-5-9-15(17)18/h2-11,13,16,22H,12,21H2,1H3. The Kier molecular flexibility index (Phi) is 3.67. The van der Waals surface area contributed by atoms with Gasteiger partial charge in [0, 0.05) is 47.9 Å². The van der Waals surface area contributed by atoms with Crippen molar-refractivity contribution in [2.75, 3.05) is 6.54 Å². The highest BCUT2D eigenvalue weighted by Gasteiger charge is 2.21. The first-order valence-corrected chi connectivity index (χ1v) is 8.13. The van der Waals surface area contributed by atoms with Crippen LogP contribution in [-0.4, -0.2) is 21.3 Å². The van der Waals surface area contributed by atoms with Gasteiger partial charge in [-0.15, -0.1) is 0 Å². The predicted octanol–water partition coefficient (Wildman–Crippen LogP) is 3.66. The molecule has 2 heterocycles. The average Bonchev–Trinajstić information content (AvgIpc) is 3.22. The van der Waals surface area contributed by atoms with Gasteiger partial charge in [0.15, 0.2) is 0 Å². The number of aromatic nitrogens is 3. The molecule has 4 nitrogen and oxygen atoms in total. The number of nitrogens with zero attached hydrogens (tertiary/aromatic N) is 2. The highest BCUT2D eigenvalue weighted by molar-refractivity contribution is 5.84. The summed E-state index contributed by atoms with van der Waals surface area (Å²) in [6.07, 6.45) is 2.07. The fraction of sp³-hybridized carbons (Fsp3) is 0.150. The van der Waals surface area contributed by atoms with Gasteiger partial charge in [-0.25, -0.2) is 0 Å². The van der Waals surface area contributed by atoms with E-state index >= 15 is 0 Å². The number of aromatic amines is 1. The van der Waals surface area contributed by atoms with E-state index in [2.05, 4.69) is 47.6 Å². The van der Waals surface area contributed by atoms with Crippen molar-refractivity contribution in [3.8, 4) is 11.3 Å². The summed E-state index contributed by atoms with van der Waals surface area (Å²) in [5, 5.41) is 5.91. The second-order valence-corrected chi connectivity index (χ2v) is 6.02. The number of fused-ring (bicyclic) bond motifs is 1. The Morgan fingerprint density at radius 1 is 1.08 bits per heavy atom. The van der Waals surface area contributed by atoms with Crippen molar-refractivity contribution < 1.29 is 0 Å². The van der Waals surface area contributed by atoms with Gasteiger partial charge in [-0.2, -0.15) is 5.10 Å². The van der Waals surface area contributed by atoms with Gasteiger partial charge in [-0.05, 0) is 17.7 Å². The summed E-state index contributed by atoms with van der Waals surface area (Å²) in [6.45, 7) is 0.537. The van der Waals surface area contributed by atoms with Crippen LogP contribution in [0, 0.1) is 0 Å². The molecule has 4 rings (SSSR count). The number of rotatable bonds is 4. The molecule has 0 amide bonds. The maximum atomic E-state index is 6.15. The fourth-order valence-electron chi connectivity index (χ4n) is 3.35. The molecule has 1 atom stereocenters. The first-order valence-electron chi connectivity index (χ1n) is 8.13. The van der Waals surface area contributed by atoms with E-state index in [1.165, 1.54) is 10.9 Å². The minimum absolute atomic E-state index is 0.108. The molecule has 3 N–H and O–H groups in total. The second-order valence-electron chi connectivity index (χ2n) is 6.02. The molecule has 0 aliphatic rings. The van der Waals surface area contributed by atoms with Gasteiger partial charge in [0.05, 0.1) is 5.69 Å². The van der Waals surface area contributed by atoms with Gasteiger partial charge < -0.3 is 10.7 Å². The summed E-state index contributed by atoms with van der Waals surface area (Å²) >= 11 is 0. The lowest BCUT2D eigenvalue weighted by atomic mass is 9.94. The van der Waals surface area contributed by atoms with Crippen LogP contribution in [0.4, 0.5) is 0 Å². The highest BCUT2D eigenvalue weighted by Crippen LogP contribution is 2.31. The monoisotopic (exact) mass is 316 g/mol. The lowest BCUT2D eigenvalue weighted by molar-refractivity contribution is 0.667. The topological polar surface area (TPSA) is 59.6 Å². The Morgan fingerprint density at radius 3 is 2.62 bits per heavy atom. The van der Waals surface area contributed by atoms with Gasteiger partial charge in [-0.3, -0.25) is 4.68 Å². The summed E-state index contributed by atoms with van der Waals surface area (Å²) < 4.78 is 1.95. The lowest BCUT2D eigenvalue weighted by Crippen LogP contribution is -2.16. The number of hydrogen-bond donors (Lipinski definition) is 2. The van der Waals surface area contributed by atoms with E-state index in [-0.39, 0.29) is 5.92 Å². The molecule has 1 unspecified atom stereocenters. The summed E-state index contributed by atoms with van der Waals surface area (Å²) in [4.78, 5) is 3.35. The van der Waals surface area contributed by atoms with E-state index in [0.29, 0.717) is 6.54 Å². The molecule has 120 valence electrons. The molecule has 0 spiro atoms. The molecule has 2 aromatic carbocycles. The Labute approximate surface area is 140 Å². The second kappa shape index (κ2) is 5.98. The zero-order chi connectivity index (χ0) is 16.5. The van der Waals surface area contributed by atoms with Gasteiger partial charge in [0.25, 0.3) is 0 Å². The molecule has 0 bridgehead atoms. The first-order chi connectivity index (χ1) is 11.8. The van der Waals surface area contributed by atoms with Crippen molar-refractivity contribution in [2.45, 2.75) is 5.92 Å². The minimum Gasteiger partial charge on any atom is -0.361 e. The molecule has 4 heteroatoms. The van der Waals surface area contributed by atoms with Crippen molar-refractivity contribution in [1.29, 1.82) is 0 Å². The van der Waals surface area contributed by atoms with Gasteiger partial charge in [0.1, 0.15) is 0 Å². The number of aryl methyl sites for hydroxylation is 1. The average molecular weight is 316 g/mol. The van der Waals surface area contributed by atoms with Crippen molar-refractivity contribution in [2.24, 2.45) is 12.8 Å². The van der Waals surface area contributed by atoms with Crippen LogP contribution in [-0.2, 0) is 7.05 Å². The highest BCUT2D eigenvalue weighted by atomic mass is 15.3. The van der Waals surface area contributed by atoms with Crippen molar-refractivity contribution in [3.05, 3.63) is 78.1 Å². The van der Waals surface area contributed by atoms with Gasteiger partial charge in [-0.1, -0.05) is 48.5 Å². The molecule has 24 heavy (non-hydrogen) atoms. The normalized spacial score (nSPS) is 12.6. The van der Waals surface area contributed by atoms with Crippen LogP contribution in [0.25, 0.3) is 22.2 Å². The number of benzene rings is 2. The van der Waals surface area contributed by atoms with E-state index in [9.17, 15) is 0 Å². The maximum absolute atomic E-state index is 6.15. The zero-order valence-corrected chi connectivity index (χ0v) is 13.6. The van der Waals surface area contributed by atoms with Crippen LogP contribution in [0.1, 0.15) is 17.2 Å². The molecule has 0 saturated carbocycles. The van der Waals surface area contributed by atoms with Crippen LogP contribution in [0.5, 0.6) is 0 Å². The molecular formula is C20H20N4. The Bertz CT molecular complexity index is 966. The molecule has 0 aliphatic heterocycles. The Morgan fingerprint density at radius 2 is 1.83 bits per heavy atom. The van der Waals surface area contributed by atoms with Crippen LogP contribution >= 0.6 is 0 Å². The van der Waals surface area contributed by atoms with Crippen LogP contribution < -0.4 is 5.73 Å². The number of nitrogens with two attached hydrogens (primary N) is 1. The number of nitrogens with one attached hydrogen (secondary N) is 1. The van der Waals surface area contributed by atoms with E-state index in [1.807, 2.05) is 36.0 Å². The quantitative estimate of drug-likeness (QED) is 0.603. The molecular weight excluding hydrogens is 296 g/mol. The first kappa shape index (κ1) is 14.7. The molecule has 4 aromatic rings. The Balaban J connectivity index is 1.80. The Hall–Kier alpha value is -2.85. The van der Waals surface area contributed by atoms with Crippen LogP contribution in [0.2, 0.25) is 0 Å². The third kappa shape index (κ3) is 2.41. The number of H-pyrrole nitrogens is 1. The van der Waals surface area contributed by atoms with Crippen molar-refractivity contribution in [3.63, 3.8) is 0 Å². The third-order valence-electron chi connectivity index (χ3n) is 4.57. The summed E-state index contributed by atoms with van der Waals surface area (Å²) in [5.41, 5.74) is 11.7. The van der Waals surface area contributed by atoms with Crippen molar-refractivity contribution >= 4 is 10.9 Å². The van der Waals surface area contributed by atoms with E-state index in [1.54, 1.807) is 0 Å². The lowest BCUT2D eigenvalue weighted by Gasteiger charge is -2.14. The van der Waals surface area contributed by atoms with Crippen LogP contribution in [0.15, 0.2) is 66.9 Å². The summed E-state index contributed by atoms with van der Waals surface area (Å²) in [6, 6.07) is 20.7. The largest absolute Gasteiger partial charge is 0.361 e. The molecule has 2 aromatic heterocycles. The third-order valence-corrected chi connectivity index (χ3v) is 4.57. The number of para-hydroxylation sites is 1. The predicted molar refractivity (Wildman–Crippen MR) is 97.8 cm³/mol. The van der Waals surface area contributed by atoms with Gasteiger partial charge in [0.2, 0.25) is 0 Å². The maximum Gasteiger partial charge on any atom is 0.0926 e. The molecule has 0 aliphatic carbocycles. The molecule has 0 saturated heterocycles. The summed E-state index contributed by atoms with van der Waals surface area (Å²) in [5.74, 6) is 0.108. The summed E-state index contributed by atoms with van der Waals surface area (Å²) in [7, 11) is 1.99. The zero-order valence-electron chi connectivity index (χ0n) is 13.6. The van der Waals surface area contributed by atoms with Crippen molar-refractivity contribution in [1.82, 2.24) is 14.8 Å². The minimum atomic E-state index is 0.108. The number of hydrogen-bond acceptors (Lipinski definition) is 2. The molecule has 0 radical (unpaired) electrons. The molecule has 0 fully saturated rings. The smallest absolute Gasteiger partial charge is 0.0926 e.